The first-order chi connectivity index (χ1) is 10.6. The van der Waals surface area contributed by atoms with Gasteiger partial charge in [0.25, 0.3) is 5.92 Å². The van der Waals surface area contributed by atoms with Crippen molar-refractivity contribution in [3.8, 4) is 0 Å². The third-order valence-corrected chi connectivity index (χ3v) is 4.33. The number of alkyl halides is 2. The van der Waals surface area contributed by atoms with E-state index in [1.54, 1.807) is 30.3 Å². The smallest absolute Gasteiger partial charge is 0.271 e. The number of hydrogen-bond donors (Lipinski definition) is 1. The minimum Gasteiger partial charge on any atom is -0.326 e. The molecule has 5 heteroatoms. The van der Waals surface area contributed by atoms with E-state index in [4.69, 9.17) is 0 Å². The van der Waals surface area contributed by atoms with E-state index in [9.17, 15) is 13.2 Å². The molecule has 124 valence electrons. The molecule has 0 spiro atoms. The van der Waals surface area contributed by atoms with Crippen LogP contribution in [-0.4, -0.2) is 0 Å². The Hall–Kier alpha value is -1.62. The first-order valence-electron chi connectivity index (χ1n) is 7.29. The predicted octanol–water partition coefficient (Wildman–Crippen LogP) is 6.35. The van der Waals surface area contributed by atoms with Crippen LogP contribution in [0.15, 0.2) is 47.4 Å². The fourth-order valence-electron chi connectivity index (χ4n) is 2.22. The third kappa shape index (κ3) is 4.44. The van der Waals surface area contributed by atoms with E-state index < -0.39 is 5.92 Å². The zero-order chi connectivity index (χ0) is 17.3. The van der Waals surface area contributed by atoms with Crippen LogP contribution in [0.1, 0.15) is 38.8 Å². The number of rotatable bonds is 4. The highest BCUT2D eigenvalue weighted by Crippen LogP contribution is 2.35. The Morgan fingerprint density at radius 1 is 0.913 bits per heavy atom. The Balaban J connectivity index is 2.18. The van der Waals surface area contributed by atoms with Crippen molar-refractivity contribution < 1.29 is 13.2 Å². The largest absolute Gasteiger partial charge is 0.326 e. The summed E-state index contributed by atoms with van der Waals surface area (Å²) in [7, 11) is 0. The molecule has 2 aromatic rings. The van der Waals surface area contributed by atoms with Crippen LogP contribution in [-0.2, 0) is 11.3 Å². The monoisotopic (exact) mass is 339 g/mol. The maximum atomic E-state index is 14.2. The van der Waals surface area contributed by atoms with Crippen molar-refractivity contribution in [1.29, 1.82) is 0 Å². The molecule has 1 nitrogen and oxygen atoms in total. The summed E-state index contributed by atoms with van der Waals surface area (Å²) in [5.74, 6) is -3.23. The molecule has 0 radical (unpaired) electrons. The zero-order valence-electron chi connectivity index (χ0n) is 13.6. The van der Waals surface area contributed by atoms with Gasteiger partial charge in [0.05, 0.1) is 0 Å². The van der Waals surface area contributed by atoms with Gasteiger partial charge in [-0.1, -0.05) is 45.0 Å². The molecule has 0 amide bonds. The fraction of sp³-hybridized carbons (Fsp3) is 0.333. The molecular weight excluding hydrogens is 319 g/mol. The molecule has 0 bridgehead atoms. The first-order valence-corrected chi connectivity index (χ1v) is 8.11. The molecule has 0 atom stereocenters. The van der Waals surface area contributed by atoms with Crippen molar-refractivity contribution in [2.45, 2.75) is 43.9 Å². The summed E-state index contributed by atoms with van der Waals surface area (Å²) in [5, 5.41) is 0. The van der Waals surface area contributed by atoms with Gasteiger partial charge in [0.1, 0.15) is 5.82 Å². The van der Waals surface area contributed by atoms with Gasteiger partial charge >= 0.3 is 0 Å². The maximum Gasteiger partial charge on any atom is 0.271 e. The van der Waals surface area contributed by atoms with Gasteiger partial charge < -0.3 is 4.72 Å². The molecule has 0 aliphatic rings. The Kier molecular flexibility index (Phi) is 4.99. The predicted molar refractivity (Wildman–Crippen MR) is 90.6 cm³/mol. The molecular formula is C18H20F3NS. The SMILES string of the molecule is CC(C)(C)c1ccc(NSc2ccccc2C(C)(F)F)cc1F. The van der Waals surface area contributed by atoms with Crippen molar-refractivity contribution >= 4 is 17.6 Å². The molecule has 0 heterocycles. The Morgan fingerprint density at radius 2 is 1.57 bits per heavy atom. The van der Waals surface area contributed by atoms with Gasteiger partial charge in [-0.2, -0.15) is 0 Å². The molecule has 0 aromatic heterocycles. The molecule has 0 fully saturated rings. The van der Waals surface area contributed by atoms with Crippen molar-refractivity contribution in [1.82, 2.24) is 0 Å². The van der Waals surface area contributed by atoms with Crippen LogP contribution >= 0.6 is 11.9 Å². The molecule has 0 unspecified atom stereocenters. The quantitative estimate of drug-likeness (QED) is 0.651. The number of halogens is 3. The maximum absolute atomic E-state index is 14.2. The van der Waals surface area contributed by atoms with E-state index >= 15 is 0 Å². The van der Waals surface area contributed by atoms with Crippen LogP contribution in [0.3, 0.4) is 0 Å². The van der Waals surface area contributed by atoms with E-state index in [1.165, 1.54) is 12.1 Å². The van der Waals surface area contributed by atoms with E-state index in [0.29, 0.717) is 16.1 Å². The highest BCUT2D eigenvalue weighted by atomic mass is 32.2. The van der Waals surface area contributed by atoms with Crippen molar-refractivity contribution in [3.05, 3.63) is 59.4 Å². The lowest BCUT2D eigenvalue weighted by Gasteiger charge is -2.20. The third-order valence-electron chi connectivity index (χ3n) is 3.42. The Morgan fingerprint density at radius 3 is 2.13 bits per heavy atom. The molecule has 0 saturated heterocycles. The Bertz CT molecular complexity index is 687. The zero-order valence-corrected chi connectivity index (χ0v) is 14.4. The first kappa shape index (κ1) is 17.7. The molecule has 23 heavy (non-hydrogen) atoms. The lowest BCUT2D eigenvalue weighted by molar-refractivity contribution is 0.0146. The van der Waals surface area contributed by atoms with Gasteiger partial charge in [-0.15, -0.1) is 0 Å². The molecule has 0 aliphatic carbocycles. The second-order valence-corrected chi connectivity index (χ2v) is 7.38. The number of nitrogens with one attached hydrogen (secondary N) is 1. The molecule has 1 N–H and O–H groups in total. The highest BCUT2D eigenvalue weighted by Gasteiger charge is 2.27. The van der Waals surface area contributed by atoms with Crippen LogP contribution in [0.2, 0.25) is 0 Å². The average molecular weight is 339 g/mol. The Labute approximate surface area is 139 Å². The van der Waals surface area contributed by atoms with Crippen LogP contribution in [0, 0.1) is 5.82 Å². The van der Waals surface area contributed by atoms with Crippen LogP contribution in [0.5, 0.6) is 0 Å². The second kappa shape index (κ2) is 6.48. The van der Waals surface area contributed by atoms with E-state index in [0.717, 1.165) is 18.9 Å². The number of benzene rings is 2. The lowest BCUT2D eigenvalue weighted by atomic mass is 9.86. The summed E-state index contributed by atoms with van der Waals surface area (Å²) >= 11 is 1.05. The minimum atomic E-state index is -2.92. The van der Waals surface area contributed by atoms with Crippen molar-refractivity contribution in [2.75, 3.05) is 4.72 Å². The molecule has 2 aromatic carbocycles. The topological polar surface area (TPSA) is 12.0 Å². The van der Waals surface area contributed by atoms with Crippen LogP contribution < -0.4 is 4.72 Å². The van der Waals surface area contributed by atoms with Crippen molar-refractivity contribution in [3.63, 3.8) is 0 Å². The van der Waals surface area contributed by atoms with Crippen LogP contribution in [0.25, 0.3) is 0 Å². The highest BCUT2D eigenvalue weighted by molar-refractivity contribution is 8.00. The van der Waals surface area contributed by atoms with Gasteiger partial charge in [0.15, 0.2) is 0 Å². The van der Waals surface area contributed by atoms with Gasteiger partial charge in [-0.3, -0.25) is 0 Å². The average Bonchev–Trinajstić information content (AvgIpc) is 2.43. The molecule has 2 rings (SSSR count). The van der Waals surface area contributed by atoms with E-state index in [2.05, 4.69) is 4.72 Å². The minimum absolute atomic E-state index is 0.0516. The number of hydrogen-bond acceptors (Lipinski definition) is 2. The lowest BCUT2D eigenvalue weighted by Crippen LogP contribution is -2.13. The number of anilines is 1. The van der Waals surface area contributed by atoms with E-state index in [-0.39, 0.29) is 16.8 Å². The van der Waals surface area contributed by atoms with Crippen LogP contribution in [0.4, 0.5) is 18.9 Å². The molecule has 0 saturated carbocycles. The van der Waals surface area contributed by atoms with Gasteiger partial charge in [0.2, 0.25) is 0 Å². The summed E-state index contributed by atoms with van der Waals surface area (Å²) in [6.07, 6.45) is 0. The van der Waals surface area contributed by atoms with Gasteiger partial charge in [-0.25, -0.2) is 13.2 Å². The second-order valence-electron chi connectivity index (χ2n) is 6.53. The summed E-state index contributed by atoms with van der Waals surface area (Å²) in [4.78, 5) is 0.417. The summed E-state index contributed by atoms with van der Waals surface area (Å²) in [5.41, 5.74) is 0.819. The van der Waals surface area contributed by atoms with Gasteiger partial charge in [-0.05, 0) is 41.1 Å². The van der Waals surface area contributed by atoms with E-state index in [1.807, 2.05) is 20.8 Å². The summed E-state index contributed by atoms with van der Waals surface area (Å²) < 4.78 is 44.3. The summed E-state index contributed by atoms with van der Waals surface area (Å²) in [6, 6.07) is 11.1. The molecule has 0 aliphatic heterocycles. The summed E-state index contributed by atoms with van der Waals surface area (Å²) in [6.45, 7) is 6.68. The van der Waals surface area contributed by atoms with Gasteiger partial charge in [0, 0.05) is 23.1 Å². The standard InChI is InChI=1S/C18H20F3NS/c1-17(2,3)13-10-9-12(11-15(13)19)22-23-16-8-6-5-7-14(16)18(4,20)21/h5-11,22H,1-4H3. The van der Waals surface area contributed by atoms with Crippen molar-refractivity contribution in [2.24, 2.45) is 0 Å². The normalized spacial score (nSPS) is 12.3. The fourth-order valence-corrected chi connectivity index (χ4v) is 3.08.